The molecular formula is C17H14ClNO4S. The molecule has 0 fully saturated rings. The predicted octanol–water partition coefficient (Wildman–Crippen LogP) is 3.76. The van der Waals surface area contributed by atoms with Crippen molar-refractivity contribution in [2.24, 2.45) is 0 Å². The number of hydrogen-bond acceptors (Lipinski definition) is 4. The van der Waals surface area contributed by atoms with Crippen molar-refractivity contribution >= 4 is 28.3 Å². The molecule has 3 rings (SSSR count). The van der Waals surface area contributed by atoms with Crippen LogP contribution in [0.25, 0.3) is 0 Å². The zero-order valence-corrected chi connectivity index (χ0v) is 14.1. The molecule has 1 unspecified atom stereocenters. The van der Waals surface area contributed by atoms with Crippen molar-refractivity contribution in [1.82, 2.24) is 5.32 Å². The number of nitrogens with one attached hydrogen (secondary N) is 1. The molecule has 2 heterocycles. The summed E-state index contributed by atoms with van der Waals surface area (Å²) >= 11 is 6.03. The van der Waals surface area contributed by atoms with Crippen LogP contribution in [0.5, 0.6) is 0 Å². The van der Waals surface area contributed by atoms with Gasteiger partial charge in [0.25, 0.3) is 5.91 Å². The lowest BCUT2D eigenvalue weighted by atomic mass is 10.4. The van der Waals surface area contributed by atoms with Crippen LogP contribution in [0, 0.1) is 0 Å². The Morgan fingerprint density at radius 3 is 2.67 bits per heavy atom. The van der Waals surface area contributed by atoms with Gasteiger partial charge in [-0.15, -0.1) is 0 Å². The van der Waals surface area contributed by atoms with Crippen molar-refractivity contribution in [3.05, 3.63) is 77.1 Å². The monoisotopic (exact) mass is 363 g/mol. The third kappa shape index (κ3) is 3.96. The Bertz CT molecular complexity index is 857. The minimum Gasteiger partial charge on any atom is -0.467 e. The lowest BCUT2D eigenvalue weighted by Crippen LogP contribution is -2.21. The lowest BCUT2D eigenvalue weighted by molar-refractivity contribution is 0.0919. The first-order valence-electron chi connectivity index (χ1n) is 7.15. The third-order valence-electron chi connectivity index (χ3n) is 3.24. The third-order valence-corrected chi connectivity index (χ3v) is 5.08. The Hall–Kier alpha value is -2.31. The van der Waals surface area contributed by atoms with E-state index in [0.29, 0.717) is 21.4 Å². The first-order valence-corrected chi connectivity index (χ1v) is 8.85. The summed E-state index contributed by atoms with van der Waals surface area (Å²) in [6.07, 6.45) is 1.54. The van der Waals surface area contributed by atoms with Crippen LogP contribution in [-0.2, 0) is 23.1 Å². The molecule has 124 valence electrons. The fourth-order valence-corrected chi connectivity index (χ4v) is 3.56. The van der Waals surface area contributed by atoms with Gasteiger partial charge in [-0.25, -0.2) is 0 Å². The largest absolute Gasteiger partial charge is 0.467 e. The van der Waals surface area contributed by atoms with Gasteiger partial charge in [0, 0.05) is 0 Å². The van der Waals surface area contributed by atoms with Gasteiger partial charge in [-0.1, -0.05) is 23.7 Å². The lowest BCUT2D eigenvalue weighted by Gasteiger charge is -2.03. The first kappa shape index (κ1) is 16.5. The topological polar surface area (TPSA) is 72.5 Å². The second-order valence-corrected chi connectivity index (χ2v) is 6.78. The highest BCUT2D eigenvalue weighted by molar-refractivity contribution is 7.84. The summed E-state index contributed by atoms with van der Waals surface area (Å²) in [5, 5.41) is 3.13. The Balaban J connectivity index is 1.62. The van der Waals surface area contributed by atoms with Gasteiger partial charge < -0.3 is 14.2 Å². The number of benzene rings is 1. The van der Waals surface area contributed by atoms with Gasteiger partial charge in [-0.05, 0) is 36.4 Å². The van der Waals surface area contributed by atoms with E-state index in [0.717, 1.165) is 0 Å². The summed E-state index contributed by atoms with van der Waals surface area (Å²) in [5.41, 5.74) is 0. The van der Waals surface area contributed by atoms with Crippen molar-refractivity contribution in [3.63, 3.8) is 0 Å². The van der Waals surface area contributed by atoms with Gasteiger partial charge in [-0.3, -0.25) is 9.00 Å². The maximum absolute atomic E-state index is 12.3. The van der Waals surface area contributed by atoms with Crippen LogP contribution in [0.2, 0.25) is 5.02 Å². The fourth-order valence-electron chi connectivity index (χ4n) is 2.08. The molecule has 0 aliphatic heterocycles. The van der Waals surface area contributed by atoms with Crippen LogP contribution in [0.15, 0.2) is 68.5 Å². The standard InChI is InChI=1S/C17H14ClNO4S/c18-14-5-1-2-6-16(14)24(21)11-13-7-8-15(23-13)17(20)19-10-12-4-3-9-22-12/h1-9H,10-11H2,(H,19,20). The Labute approximate surface area is 146 Å². The van der Waals surface area contributed by atoms with Gasteiger partial charge in [0.2, 0.25) is 0 Å². The summed E-state index contributed by atoms with van der Waals surface area (Å²) in [5.74, 6) is 1.05. The number of carbonyl (C=O) groups excluding carboxylic acids is 1. The molecule has 1 atom stereocenters. The second kappa shape index (κ2) is 7.51. The van der Waals surface area contributed by atoms with E-state index in [1.54, 1.807) is 48.5 Å². The molecule has 0 saturated heterocycles. The molecule has 5 nitrogen and oxygen atoms in total. The summed E-state index contributed by atoms with van der Waals surface area (Å²) < 4.78 is 23.0. The molecule has 24 heavy (non-hydrogen) atoms. The normalized spacial score (nSPS) is 12.0. The highest BCUT2D eigenvalue weighted by Gasteiger charge is 2.15. The summed E-state index contributed by atoms with van der Waals surface area (Å²) in [4.78, 5) is 12.6. The molecule has 0 aliphatic carbocycles. The number of carbonyl (C=O) groups is 1. The molecule has 3 aromatic rings. The molecule has 0 aliphatic rings. The zero-order chi connectivity index (χ0) is 16.9. The van der Waals surface area contributed by atoms with Crippen LogP contribution >= 0.6 is 11.6 Å². The predicted molar refractivity (Wildman–Crippen MR) is 90.2 cm³/mol. The molecule has 1 amide bonds. The number of amides is 1. The molecule has 1 N–H and O–H groups in total. The van der Waals surface area contributed by atoms with Crippen LogP contribution in [0.3, 0.4) is 0 Å². The number of halogens is 1. The molecule has 1 aromatic carbocycles. The second-order valence-electron chi connectivity index (χ2n) is 4.95. The molecule has 7 heteroatoms. The van der Waals surface area contributed by atoms with E-state index in [2.05, 4.69) is 5.32 Å². The van der Waals surface area contributed by atoms with Gasteiger partial charge in [0.1, 0.15) is 11.5 Å². The van der Waals surface area contributed by atoms with Crippen LogP contribution < -0.4 is 5.32 Å². The number of furan rings is 2. The summed E-state index contributed by atoms with van der Waals surface area (Å²) in [6, 6.07) is 13.6. The van der Waals surface area contributed by atoms with Gasteiger partial charge in [0.05, 0.1) is 39.3 Å². The van der Waals surface area contributed by atoms with Crippen molar-refractivity contribution in [1.29, 1.82) is 0 Å². The van der Waals surface area contributed by atoms with E-state index in [-0.39, 0.29) is 24.0 Å². The van der Waals surface area contributed by atoms with E-state index >= 15 is 0 Å². The van der Waals surface area contributed by atoms with E-state index < -0.39 is 10.8 Å². The van der Waals surface area contributed by atoms with E-state index in [1.165, 1.54) is 6.26 Å². The van der Waals surface area contributed by atoms with Crippen LogP contribution in [0.4, 0.5) is 0 Å². The molecule has 0 bridgehead atoms. The SMILES string of the molecule is O=C(NCc1ccco1)c1ccc(CS(=O)c2ccccc2Cl)o1. The maximum Gasteiger partial charge on any atom is 0.287 e. The highest BCUT2D eigenvalue weighted by atomic mass is 35.5. The first-order chi connectivity index (χ1) is 11.6. The van der Waals surface area contributed by atoms with Crippen molar-refractivity contribution in [3.8, 4) is 0 Å². The van der Waals surface area contributed by atoms with Gasteiger partial charge in [-0.2, -0.15) is 0 Å². The molecule has 0 spiro atoms. The molecule has 0 radical (unpaired) electrons. The summed E-state index contributed by atoms with van der Waals surface area (Å²) in [7, 11) is -1.35. The van der Waals surface area contributed by atoms with E-state index in [1.807, 2.05) is 0 Å². The number of rotatable bonds is 6. The van der Waals surface area contributed by atoms with Gasteiger partial charge in [0.15, 0.2) is 5.76 Å². The Morgan fingerprint density at radius 1 is 1.08 bits per heavy atom. The van der Waals surface area contributed by atoms with Crippen LogP contribution in [-0.4, -0.2) is 10.1 Å². The molecule has 0 saturated carbocycles. The van der Waals surface area contributed by atoms with Crippen molar-refractivity contribution in [2.45, 2.75) is 17.2 Å². The highest BCUT2D eigenvalue weighted by Crippen LogP contribution is 2.22. The maximum atomic E-state index is 12.3. The number of hydrogen-bond donors (Lipinski definition) is 1. The Morgan fingerprint density at radius 2 is 1.92 bits per heavy atom. The fraction of sp³-hybridized carbons (Fsp3) is 0.118. The van der Waals surface area contributed by atoms with E-state index in [4.69, 9.17) is 20.4 Å². The smallest absolute Gasteiger partial charge is 0.287 e. The van der Waals surface area contributed by atoms with Gasteiger partial charge >= 0.3 is 0 Å². The van der Waals surface area contributed by atoms with Crippen molar-refractivity contribution in [2.75, 3.05) is 0 Å². The molecule has 2 aromatic heterocycles. The van der Waals surface area contributed by atoms with E-state index in [9.17, 15) is 9.00 Å². The average molecular weight is 364 g/mol. The van der Waals surface area contributed by atoms with Crippen molar-refractivity contribution < 1.29 is 17.8 Å². The molecular weight excluding hydrogens is 350 g/mol. The zero-order valence-electron chi connectivity index (χ0n) is 12.5. The summed E-state index contributed by atoms with van der Waals surface area (Å²) in [6.45, 7) is 0.271. The van der Waals surface area contributed by atoms with Crippen LogP contribution in [0.1, 0.15) is 22.1 Å². The minimum absolute atomic E-state index is 0.148. The quantitative estimate of drug-likeness (QED) is 0.723. The Kier molecular flexibility index (Phi) is 5.17. The minimum atomic E-state index is -1.35. The average Bonchev–Trinajstić information content (AvgIpc) is 3.24.